The summed E-state index contributed by atoms with van der Waals surface area (Å²) in [7, 11) is 0. The Morgan fingerprint density at radius 3 is 2.67 bits per heavy atom. The van der Waals surface area contributed by atoms with Crippen LogP contribution < -0.4 is 4.74 Å². The van der Waals surface area contributed by atoms with Crippen LogP contribution in [0.25, 0.3) is 0 Å². The van der Waals surface area contributed by atoms with Gasteiger partial charge in [0.2, 0.25) is 0 Å². The first-order valence-electron chi connectivity index (χ1n) is 10.4. The van der Waals surface area contributed by atoms with Crippen molar-refractivity contribution < 1.29 is 32.5 Å². The highest BCUT2D eigenvalue weighted by molar-refractivity contribution is 5.30. The zero-order valence-corrected chi connectivity index (χ0v) is 17.1. The fraction of sp³-hybridized carbons (Fsp3) is 0.565. The predicted octanol–water partition coefficient (Wildman–Crippen LogP) is 5.47. The molecule has 0 amide bonds. The van der Waals surface area contributed by atoms with Gasteiger partial charge in [-0.05, 0) is 43.4 Å². The predicted molar refractivity (Wildman–Crippen MR) is 108 cm³/mol. The molecule has 7 heteroatoms. The molecule has 5 atom stereocenters. The molecule has 0 spiro atoms. The smallest absolute Gasteiger partial charge is 0.416 e. The summed E-state index contributed by atoms with van der Waals surface area (Å²) in [5.74, 6) is -0.754. The Balaban J connectivity index is 1.89. The van der Waals surface area contributed by atoms with Gasteiger partial charge in [0.1, 0.15) is 24.6 Å². The van der Waals surface area contributed by atoms with Crippen LogP contribution in [0, 0.1) is 11.8 Å². The zero-order valence-electron chi connectivity index (χ0n) is 17.1. The number of alkyl halides is 4. The zero-order chi connectivity index (χ0) is 22.1. The van der Waals surface area contributed by atoms with E-state index in [0.717, 1.165) is 31.4 Å². The number of aliphatic hydroxyl groups excluding tert-OH is 2. The molecule has 2 N–H and O–H groups in total. The van der Waals surface area contributed by atoms with Gasteiger partial charge in [-0.2, -0.15) is 13.2 Å². The number of rotatable bonds is 10. The topological polar surface area (TPSA) is 49.7 Å². The second-order valence-corrected chi connectivity index (χ2v) is 7.69. The van der Waals surface area contributed by atoms with Crippen molar-refractivity contribution in [3.05, 3.63) is 54.1 Å². The fourth-order valence-corrected chi connectivity index (χ4v) is 3.68. The highest BCUT2D eigenvalue weighted by Crippen LogP contribution is 2.38. The number of hydrogen-bond acceptors (Lipinski definition) is 3. The molecule has 0 aliphatic heterocycles. The van der Waals surface area contributed by atoms with Gasteiger partial charge in [-0.3, -0.25) is 0 Å². The standard InChI is InChI=1S/C23H30F4O3/c1-2-3-4-5-6-10-20-19(21(24)14-22(20)29)12-11-17(28)15-30-18-9-7-8-16(13-18)23(25,26)27/h4-5,7-9,11-13,17,19-22,28-29H,2-3,6,10,14-15H2,1H3/b5-4+,12-11+. The van der Waals surface area contributed by atoms with E-state index in [9.17, 15) is 27.8 Å². The number of benzene rings is 1. The molecule has 0 aromatic heterocycles. The molecule has 1 aromatic carbocycles. The summed E-state index contributed by atoms with van der Waals surface area (Å²) < 4.78 is 57.8. The van der Waals surface area contributed by atoms with Gasteiger partial charge >= 0.3 is 6.18 Å². The molecule has 30 heavy (non-hydrogen) atoms. The normalized spacial score (nSPS) is 26.0. The van der Waals surface area contributed by atoms with Crippen molar-refractivity contribution in [1.82, 2.24) is 0 Å². The largest absolute Gasteiger partial charge is 0.491 e. The number of hydrogen-bond donors (Lipinski definition) is 2. The number of ether oxygens (including phenoxy) is 1. The number of unbranched alkanes of at least 4 members (excludes halogenated alkanes) is 1. The first-order chi connectivity index (χ1) is 14.2. The molecule has 1 aliphatic carbocycles. The van der Waals surface area contributed by atoms with Gasteiger partial charge in [0.05, 0.1) is 11.7 Å². The maximum absolute atomic E-state index is 14.3. The van der Waals surface area contributed by atoms with Crippen LogP contribution in [0.5, 0.6) is 5.75 Å². The van der Waals surface area contributed by atoms with E-state index in [4.69, 9.17) is 4.74 Å². The van der Waals surface area contributed by atoms with E-state index in [2.05, 4.69) is 13.0 Å². The van der Waals surface area contributed by atoms with Gasteiger partial charge in [0.15, 0.2) is 0 Å². The van der Waals surface area contributed by atoms with Crippen LogP contribution in [0.1, 0.15) is 44.6 Å². The second kappa shape index (κ2) is 11.5. The van der Waals surface area contributed by atoms with Crippen molar-refractivity contribution in [2.24, 2.45) is 11.8 Å². The van der Waals surface area contributed by atoms with Crippen LogP contribution in [-0.2, 0) is 6.18 Å². The monoisotopic (exact) mass is 430 g/mol. The van der Waals surface area contributed by atoms with Gasteiger partial charge in [-0.15, -0.1) is 0 Å². The van der Waals surface area contributed by atoms with Gasteiger partial charge in [0, 0.05) is 12.3 Å². The fourth-order valence-electron chi connectivity index (χ4n) is 3.68. The highest BCUT2D eigenvalue weighted by Gasteiger charge is 2.40. The lowest BCUT2D eigenvalue weighted by Crippen LogP contribution is -2.21. The number of allylic oxidation sites excluding steroid dienone is 3. The number of aliphatic hydroxyl groups is 2. The molecule has 1 aromatic rings. The summed E-state index contributed by atoms with van der Waals surface area (Å²) in [6.45, 7) is 1.83. The molecule has 1 aliphatic rings. The molecule has 5 unspecified atom stereocenters. The Morgan fingerprint density at radius 1 is 1.23 bits per heavy atom. The molecule has 3 nitrogen and oxygen atoms in total. The quantitative estimate of drug-likeness (QED) is 0.382. The van der Waals surface area contributed by atoms with Crippen LogP contribution >= 0.6 is 0 Å². The van der Waals surface area contributed by atoms with Gasteiger partial charge in [0.25, 0.3) is 0 Å². The summed E-state index contributed by atoms with van der Waals surface area (Å²) in [6.07, 6.45) is 3.07. The summed E-state index contributed by atoms with van der Waals surface area (Å²) >= 11 is 0. The van der Waals surface area contributed by atoms with Crippen molar-refractivity contribution in [3.63, 3.8) is 0 Å². The van der Waals surface area contributed by atoms with Crippen LogP contribution in [0.3, 0.4) is 0 Å². The minimum atomic E-state index is -4.47. The molecule has 168 valence electrons. The van der Waals surface area contributed by atoms with Crippen LogP contribution in [0.2, 0.25) is 0 Å². The highest BCUT2D eigenvalue weighted by atomic mass is 19.4. The maximum atomic E-state index is 14.3. The van der Waals surface area contributed by atoms with Gasteiger partial charge in [-0.25, -0.2) is 4.39 Å². The average Bonchev–Trinajstić information content (AvgIpc) is 2.96. The third kappa shape index (κ3) is 7.43. The molecule has 1 saturated carbocycles. The van der Waals surface area contributed by atoms with Crippen molar-refractivity contribution in [2.45, 2.75) is 63.6 Å². The lowest BCUT2D eigenvalue weighted by atomic mass is 9.89. The Labute approximate surface area is 175 Å². The molecule has 0 radical (unpaired) electrons. The summed E-state index contributed by atoms with van der Waals surface area (Å²) in [5.41, 5.74) is -0.832. The number of halogens is 4. The van der Waals surface area contributed by atoms with Gasteiger partial charge in [-0.1, -0.05) is 43.7 Å². The second-order valence-electron chi connectivity index (χ2n) is 7.69. The van der Waals surface area contributed by atoms with E-state index >= 15 is 0 Å². The maximum Gasteiger partial charge on any atom is 0.416 e. The molecule has 1 fully saturated rings. The minimum Gasteiger partial charge on any atom is -0.491 e. The van der Waals surface area contributed by atoms with Crippen molar-refractivity contribution in [3.8, 4) is 5.75 Å². The molecule has 0 saturated heterocycles. The summed E-state index contributed by atoms with van der Waals surface area (Å²) in [5, 5.41) is 20.2. The van der Waals surface area contributed by atoms with E-state index in [1.54, 1.807) is 6.08 Å². The summed E-state index contributed by atoms with van der Waals surface area (Å²) in [4.78, 5) is 0. The third-order valence-corrected chi connectivity index (χ3v) is 5.30. The first kappa shape index (κ1) is 24.4. The molecular weight excluding hydrogens is 400 g/mol. The molecular formula is C23H30F4O3. The Morgan fingerprint density at radius 2 is 1.97 bits per heavy atom. The Hall–Kier alpha value is -1.86. The van der Waals surface area contributed by atoms with Crippen LogP contribution in [-0.4, -0.2) is 35.2 Å². The van der Waals surface area contributed by atoms with E-state index < -0.39 is 36.0 Å². The van der Waals surface area contributed by atoms with E-state index in [1.165, 1.54) is 18.2 Å². The molecule has 0 bridgehead atoms. The van der Waals surface area contributed by atoms with Crippen LogP contribution in [0.4, 0.5) is 17.6 Å². The molecule has 0 heterocycles. The minimum absolute atomic E-state index is 0.00586. The summed E-state index contributed by atoms with van der Waals surface area (Å²) in [6, 6.07) is 4.41. The van der Waals surface area contributed by atoms with Crippen molar-refractivity contribution >= 4 is 0 Å². The first-order valence-corrected chi connectivity index (χ1v) is 10.4. The third-order valence-electron chi connectivity index (χ3n) is 5.30. The lowest BCUT2D eigenvalue weighted by Gasteiger charge is -2.20. The van der Waals surface area contributed by atoms with E-state index in [-0.39, 0.29) is 24.7 Å². The van der Waals surface area contributed by atoms with Crippen molar-refractivity contribution in [1.29, 1.82) is 0 Å². The lowest BCUT2D eigenvalue weighted by molar-refractivity contribution is -0.137. The Kier molecular flexibility index (Phi) is 9.37. The SMILES string of the molecule is CCC/C=C/CCC1C(O)CC(F)C1/C=C/C(O)COc1cccc(C(F)(F)F)c1. The Bertz CT molecular complexity index is 702. The van der Waals surface area contributed by atoms with E-state index in [0.29, 0.717) is 6.42 Å². The van der Waals surface area contributed by atoms with E-state index in [1.807, 2.05) is 6.08 Å². The van der Waals surface area contributed by atoms with Crippen LogP contribution in [0.15, 0.2) is 48.6 Å². The van der Waals surface area contributed by atoms with Crippen molar-refractivity contribution in [2.75, 3.05) is 6.61 Å². The van der Waals surface area contributed by atoms with Gasteiger partial charge < -0.3 is 14.9 Å². The average molecular weight is 430 g/mol. The molecule has 2 rings (SSSR count).